The predicted molar refractivity (Wildman–Crippen MR) is 122 cm³/mol. The number of ketones is 1. The summed E-state index contributed by atoms with van der Waals surface area (Å²) in [4.78, 5) is 28.9. The van der Waals surface area contributed by atoms with Crippen molar-refractivity contribution < 1.29 is 19.4 Å². The van der Waals surface area contributed by atoms with E-state index >= 15 is 0 Å². The lowest BCUT2D eigenvalue weighted by Crippen LogP contribution is -2.48. The van der Waals surface area contributed by atoms with Crippen LogP contribution >= 0.6 is 0 Å². The van der Waals surface area contributed by atoms with Crippen LogP contribution in [0.25, 0.3) is 0 Å². The van der Waals surface area contributed by atoms with E-state index in [-0.39, 0.29) is 30.3 Å². The maximum absolute atomic E-state index is 12.6. The number of hydrogen-bond donors (Lipinski definition) is 1. The number of rotatable bonds is 10. The van der Waals surface area contributed by atoms with Gasteiger partial charge in [-0.25, -0.2) is 0 Å². The lowest BCUT2D eigenvalue weighted by atomic mass is 10.1. The van der Waals surface area contributed by atoms with Gasteiger partial charge < -0.3 is 19.6 Å². The maximum atomic E-state index is 12.6. The second-order valence-corrected chi connectivity index (χ2v) is 7.86. The number of unbranched alkanes of at least 4 members (excludes halogenated alkanes) is 2. The zero-order valence-corrected chi connectivity index (χ0v) is 18.3. The number of nitrogens with zero attached hydrogens (tertiary/aromatic N) is 2. The fourth-order valence-electron chi connectivity index (χ4n) is 3.73. The predicted octanol–water partition coefficient (Wildman–Crippen LogP) is 4.27. The average Bonchev–Trinajstić information content (AvgIpc) is 2.81. The van der Waals surface area contributed by atoms with Gasteiger partial charge in [0.1, 0.15) is 11.5 Å². The number of benzene rings is 2. The maximum Gasteiger partial charge on any atom is 0.223 e. The molecule has 1 saturated heterocycles. The van der Waals surface area contributed by atoms with Gasteiger partial charge in [0.2, 0.25) is 5.91 Å². The minimum absolute atomic E-state index is 0.00108. The van der Waals surface area contributed by atoms with Gasteiger partial charge in [0.05, 0.1) is 12.3 Å². The highest BCUT2D eigenvalue weighted by molar-refractivity contribution is 5.98. The van der Waals surface area contributed by atoms with Crippen molar-refractivity contribution in [1.82, 2.24) is 4.90 Å². The molecule has 2 aromatic rings. The van der Waals surface area contributed by atoms with E-state index in [1.165, 1.54) is 0 Å². The van der Waals surface area contributed by atoms with Crippen molar-refractivity contribution in [2.24, 2.45) is 0 Å². The third kappa shape index (κ3) is 6.48. The first kappa shape index (κ1) is 22.7. The number of phenols is 1. The van der Waals surface area contributed by atoms with E-state index < -0.39 is 0 Å². The Morgan fingerprint density at radius 1 is 0.935 bits per heavy atom. The molecule has 1 aliphatic heterocycles. The molecule has 0 aromatic heterocycles. The summed E-state index contributed by atoms with van der Waals surface area (Å²) in [6, 6.07) is 14.4. The van der Waals surface area contributed by atoms with Crippen molar-refractivity contribution in [2.75, 3.05) is 37.7 Å². The molecule has 0 radical (unpaired) electrons. The highest BCUT2D eigenvalue weighted by Gasteiger charge is 2.23. The van der Waals surface area contributed by atoms with Gasteiger partial charge in [-0.3, -0.25) is 9.59 Å². The van der Waals surface area contributed by atoms with Crippen LogP contribution < -0.4 is 9.64 Å². The van der Waals surface area contributed by atoms with Crippen molar-refractivity contribution in [2.45, 2.75) is 39.0 Å². The largest absolute Gasteiger partial charge is 0.506 e. The van der Waals surface area contributed by atoms with Gasteiger partial charge in [-0.05, 0) is 42.8 Å². The van der Waals surface area contributed by atoms with Crippen LogP contribution in [0.5, 0.6) is 11.5 Å². The van der Waals surface area contributed by atoms with E-state index in [0.717, 1.165) is 30.7 Å². The lowest BCUT2D eigenvalue weighted by Gasteiger charge is -2.36. The molecule has 2 aromatic carbocycles. The van der Waals surface area contributed by atoms with Crippen LogP contribution in [-0.4, -0.2) is 54.5 Å². The van der Waals surface area contributed by atoms with Crippen molar-refractivity contribution in [3.63, 3.8) is 0 Å². The summed E-state index contributed by atoms with van der Waals surface area (Å²) in [5.41, 5.74) is 1.40. The molecule has 1 aliphatic rings. The molecule has 1 heterocycles. The SMILES string of the molecule is CCCCCOc1ccc(C(=O)CCC(=O)N2CCN(c3ccccc3O)CC2)cc1. The number of phenolic OH excluding ortho intramolecular Hbond substituents is 1. The number of carbonyl (C=O) groups excluding carboxylic acids is 2. The molecule has 0 saturated carbocycles. The average molecular weight is 425 g/mol. The first-order valence-electron chi connectivity index (χ1n) is 11.1. The van der Waals surface area contributed by atoms with Gasteiger partial charge in [0.15, 0.2) is 5.78 Å². The molecule has 1 fully saturated rings. The number of anilines is 1. The third-order valence-electron chi connectivity index (χ3n) is 5.61. The summed E-state index contributed by atoms with van der Waals surface area (Å²) in [6.45, 7) is 5.35. The van der Waals surface area contributed by atoms with Gasteiger partial charge in [0, 0.05) is 44.6 Å². The Hall–Kier alpha value is -3.02. The third-order valence-corrected chi connectivity index (χ3v) is 5.61. The number of hydrogen-bond acceptors (Lipinski definition) is 5. The first-order chi connectivity index (χ1) is 15.1. The fraction of sp³-hybridized carbons (Fsp3) is 0.440. The zero-order chi connectivity index (χ0) is 22.1. The van der Waals surface area contributed by atoms with E-state index in [4.69, 9.17) is 4.74 Å². The Balaban J connectivity index is 1.41. The summed E-state index contributed by atoms with van der Waals surface area (Å²) in [7, 11) is 0. The Morgan fingerprint density at radius 2 is 1.65 bits per heavy atom. The van der Waals surface area contributed by atoms with Crippen LogP contribution in [0.15, 0.2) is 48.5 Å². The molecule has 0 atom stereocenters. The van der Waals surface area contributed by atoms with Crippen LogP contribution in [-0.2, 0) is 4.79 Å². The van der Waals surface area contributed by atoms with Crippen LogP contribution in [0, 0.1) is 0 Å². The highest BCUT2D eigenvalue weighted by Crippen LogP contribution is 2.27. The summed E-state index contributed by atoms with van der Waals surface area (Å²) < 4.78 is 5.68. The molecule has 6 nitrogen and oxygen atoms in total. The molecule has 1 N–H and O–H groups in total. The summed E-state index contributed by atoms with van der Waals surface area (Å²) >= 11 is 0. The Bertz CT molecular complexity index is 858. The van der Waals surface area contributed by atoms with Gasteiger partial charge in [-0.15, -0.1) is 0 Å². The van der Waals surface area contributed by atoms with Crippen LogP contribution in [0.1, 0.15) is 49.4 Å². The highest BCUT2D eigenvalue weighted by atomic mass is 16.5. The summed E-state index contributed by atoms with van der Waals surface area (Å²) in [5.74, 6) is 0.996. The molecule has 0 aliphatic carbocycles. The van der Waals surface area contributed by atoms with E-state index in [1.54, 1.807) is 29.2 Å². The van der Waals surface area contributed by atoms with Crippen molar-refractivity contribution in [3.05, 3.63) is 54.1 Å². The normalized spacial score (nSPS) is 13.8. The topological polar surface area (TPSA) is 70.1 Å². The molecule has 6 heteroatoms. The van der Waals surface area contributed by atoms with E-state index in [1.807, 2.05) is 24.3 Å². The molecule has 1 amide bonds. The summed E-state index contributed by atoms with van der Waals surface area (Å²) in [6.07, 6.45) is 3.75. The fourth-order valence-corrected chi connectivity index (χ4v) is 3.73. The van der Waals surface area contributed by atoms with Gasteiger partial charge in [0.25, 0.3) is 0 Å². The molecular weight excluding hydrogens is 392 g/mol. The standard InChI is InChI=1S/C25H32N2O4/c1-2-3-6-19-31-21-11-9-20(10-12-21)23(28)13-14-25(30)27-17-15-26(16-18-27)22-7-4-5-8-24(22)29/h4-5,7-12,29H,2-3,6,13-19H2,1H3. The van der Waals surface area contributed by atoms with E-state index in [0.29, 0.717) is 38.3 Å². The number of amides is 1. The van der Waals surface area contributed by atoms with Crippen LogP contribution in [0.2, 0.25) is 0 Å². The number of carbonyl (C=O) groups is 2. The van der Waals surface area contributed by atoms with Crippen LogP contribution in [0.4, 0.5) is 5.69 Å². The van der Waals surface area contributed by atoms with Crippen molar-refractivity contribution in [3.8, 4) is 11.5 Å². The zero-order valence-electron chi connectivity index (χ0n) is 18.3. The molecule has 0 spiro atoms. The van der Waals surface area contributed by atoms with E-state index in [2.05, 4.69) is 11.8 Å². The van der Waals surface area contributed by atoms with Crippen molar-refractivity contribution in [1.29, 1.82) is 0 Å². The minimum atomic E-state index is -0.0290. The lowest BCUT2D eigenvalue weighted by molar-refractivity contribution is -0.131. The number of Topliss-reactive ketones (excluding diaryl/α,β-unsaturated/α-hetero) is 1. The minimum Gasteiger partial charge on any atom is -0.506 e. The number of para-hydroxylation sites is 2. The smallest absolute Gasteiger partial charge is 0.223 e. The molecule has 0 bridgehead atoms. The van der Waals surface area contributed by atoms with Crippen LogP contribution in [0.3, 0.4) is 0 Å². The first-order valence-corrected chi connectivity index (χ1v) is 11.1. The van der Waals surface area contributed by atoms with Gasteiger partial charge >= 0.3 is 0 Å². The van der Waals surface area contributed by atoms with Gasteiger partial charge in [-0.2, -0.15) is 0 Å². The second-order valence-electron chi connectivity index (χ2n) is 7.86. The number of aromatic hydroxyl groups is 1. The molecule has 166 valence electrons. The second kappa shape index (κ2) is 11.4. The number of piperazine rings is 1. The van der Waals surface area contributed by atoms with E-state index in [9.17, 15) is 14.7 Å². The Kier molecular flexibility index (Phi) is 8.33. The molecule has 3 rings (SSSR count). The molecule has 31 heavy (non-hydrogen) atoms. The van der Waals surface area contributed by atoms with Crippen molar-refractivity contribution >= 4 is 17.4 Å². The quantitative estimate of drug-likeness (QED) is 0.456. The molecular formula is C25H32N2O4. The monoisotopic (exact) mass is 424 g/mol. The van der Waals surface area contributed by atoms with Gasteiger partial charge in [-0.1, -0.05) is 31.9 Å². The summed E-state index contributed by atoms with van der Waals surface area (Å²) in [5, 5.41) is 10.0. The number of ether oxygens (including phenoxy) is 1. The Morgan fingerprint density at radius 3 is 2.32 bits per heavy atom. The molecule has 0 unspecified atom stereocenters. The Labute approximate surface area is 184 Å².